The van der Waals surface area contributed by atoms with Gasteiger partial charge in [-0.1, -0.05) is 45.0 Å². The van der Waals surface area contributed by atoms with Gasteiger partial charge >= 0.3 is 0 Å². The average Bonchev–Trinajstić information content (AvgIpc) is 2.66. The molecule has 0 aliphatic heterocycles. The number of rotatable bonds is 8. The Kier molecular flexibility index (Phi) is 6.94. The Morgan fingerprint density at radius 3 is 2.15 bits per heavy atom. The topological polar surface area (TPSA) is 75.3 Å². The molecule has 1 amide bonds. The molecule has 0 heterocycles. The molecule has 2 aromatic rings. The number of para-hydroxylation sites is 1. The van der Waals surface area contributed by atoms with Gasteiger partial charge in [-0.2, -0.15) is 0 Å². The number of aryl methyl sites for hydroxylation is 2. The third-order valence-corrected chi connectivity index (χ3v) is 5.64. The highest BCUT2D eigenvalue weighted by molar-refractivity contribution is 7.89. The molecule has 0 aromatic heterocycles. The quantitative estimate of drug-likeness (QED) is 0.739. The first-order valence-corrected chi connectivity index (χ1v) is 10.4. The van der Waals surface area contributed by atoms with Crippen molar-refractivity contribution in [2.75, 3.05) is 11.9 Å². The van der Waals surface area contributed by atoms with Crippen molar-refractivity contribution >= 4 is 21.6 Å². The monoisotopic (exact) mass is 374 g/mol. The SMILES string of the molecule is CCCNS(=O)(=O)c1cccc(C(=O)Nc2c(CC)cccc2CC)c1. The van der Waals surface area contributed by atoms with Crippen LogP contribution in [0.25, 0.3) is 0 Å². The summed E-state index contributed by atoms with van der Waals surface area (Å²) in [6.07, 6.45) is 2.31. The number of carbonyl (C=O) groups is 1. The maximum absolute atomic E-state index is 12.7. The first kappa shape index (κ1) is 20.1. The second-order valence-electron chi connectivity index (χ2n) is 6.04. The standard InChI is InChI=1S/C20H26N2O3S/c1-4-13-21-26(24,25)18-12-8-11-17(14-18)20(23)22-19-15(5-2)9-7-10-16(19)6-3/h7-12,14,21H,4-6,13H2,1-3H3,(H,22,23). The molecule has 0 saturated carbocycles. The summed E-state index contributed by atoms with van der Waals surface area (Å²) in [6.45, 7) is 6.33. The lowest BCUT2D eigenvalue weighted by molar-refractivity contribution is 0.102. The molecule has 0 atom stereocenters. The fourth-order valence-electron chi connectivity index (χ4n) is 2.71. The molecule has 0 aliphatic rings. The Morgan fingerprint density at radius 2 is 1.58 bits per heavy atom. The van der Waals surface area contributed by atoms with Crippen molar-refractivity contribution in [2.45, 2.75) is 44.9 Å². The summed E-state index contributed by atoms with van der Waals surface area (Å²) in [5.41, 5.74) is 3.26. The van der Waals surface area contributed by atoms with E-state index in [1.807, 2.05) is 39.0 Å². The van der Waals surface area contributed by atoms with E-state index in [1.54, 1.807) is 12.1 Å². The molecular weight excluding hydrogens is 348 g/mol. The molecule has 5 nitrogen and oxygen atoms in total. The van der Waals surface area contributed by atoms with Crippen molar-refractivity contribution in [2.24, 2.45) is 0 Å². The van der Waals surface area contributed by atoms with Crippen molar-refractivity contribution in [1.29, 1.82) is 0 Å². The van der Waals surface area contributed by atoms with E-state index < -0.39 is 10.0 Å². The molecule has 2 rings (SSSR count). The smallest absolute Gasteiger partial charge is 0.255 e. The van der Waals surface area contributed by atoms with Gasteiger partial charge in [0.15, 0.2) is 0 Å². The van der Waals surface area contributed by atoms with Crippen LogP contribution in [-0.4, -0.2) is 20.9 Å². The molecule has 0 fully saturated rings. The minimum Gasteiger partial charge on any atom is -0.321 e. The zero-order valence-electron chi connectivity index (χ0n) is 15.5. The molecule has 0 unspecified atom stereocenters. The Balaban J connectivity index is 2.31. The number of anilines is 1. The predicted molar refractivity (Wildman–Crippen MR) is 105 cm³/mol. The second kappa shape index (κ2) is 8.96. The number of benzene rings is 2. The van der Waals surface area contributed by atoms with Gasteiger partial charge in [-0.3, -0.25) is 4.79 Å². The zero-order valence-corrected chi connectivity index (χ0v) is 16.3. The Bertz CT molecular complexity index is 854. The average molecular weight is 375 g/mol. The minimum atomic E-state index is -3.61. The third kappa shape index (κ3) is 4.71. The number of hydrogen-bond acceptors (Lipinski definition) is 3. The van der Waals surface area contributed by atoms with Crippen LogP contribution in [0.1, 0.15) is 48.7 Å². The van der Waals surface area contributed by atoms with Gasteiger partial charge in [0.05, 0.1) is 4.90 Å². The lowest BCUT2D eigenvalue weighted by Crippen LogP contribution is -2.25. The van der Waals surface area contributed by atoms with Gasteiger partial charge in [-0.15, -0.1) is 0 Å². The van der Waals surface area contributed by atoms with Crippen molar-refractivity contribution in [1.82, 2.24) is 4.72 Å². The van der Waals surface area contributed by atoms with Gasteiger partial charge < -0.3 is 5.32 Å². The van der Waals surface area contributed by atoms with Crippen LogP contribution < -0.4 is 10.0 Å². The van der Waals surface area contributed by atoms with Crippen molar-refractivity contribution in [3.8, 4) is 0 Å². The van der Waals surface area contributed by atoms with E-state index in [1.165, 1.54) is 12.1 Å². The van der Waals surface area contributed by atoms with Crippen molar-refractivity contribution < 1.29 is 13.2 Å². The Labute approximate surface area is 155 Å². The van der Waals surface area contributed by atoms with Crippen molar-refractivity contribution in [3.05, 3.63) is 59.2 Å². The van der Waals surface area contributed by atoms with Gasteiger partial charge in [0.1, 0.15) is 0 Å². The first-order chi connectivity index (χ1) is 12.4. The molecule has 0 aliphatic carbocycles. The summed E-state index contributed by atoms with van der Waals surface area (Å²) in [5, 5.41) is 2.96. The summed E-state index contributed by atoms with van der Waals surface area (Å²) < 4.78 is 27.1. The van der Waals surface area contributed by atoms with Crippen LogP contribution in [0.15, 0.2) is 47.4 Å². The molecule has 26 heavy (non-hydrogen) atoms. The second-order valence-corrected chi connectivity index (χ2v) is 7.81. The maximum atomic E-state index is 12.7. The highest BCUT2D eigenvalue weighted by Gasteiger charge is 2.17. The summed E-state index contributed by atoms with van der Waals surface area (Å²) in [5.74, 6) is -0.312. The highest BCUT2D eigenvalue weighted by Crippen LogP contribution is 2.23. The van der Waals surface area contributed by atoms with Gasteiger partial charge in [-0.25, -0.2) is 13.1 Å². The Hall–Kier alpha value is -2.18. The van der Waals surface area contributed by atoms with E-state index in [4.69, 9.17) is 0 Å². The number of carbonyl (C=O) groups excluding carboxylic acids is 1. The van der Waals surface area contributed by atoms with E-state index in [9.17, 15) is 13.2 Å². The van der Waals surface area contributed by atoms with E-state index in [-0.39, 0.29) is 10.8 Å². The largest absolute Gasteiger partial charge is 0.321 e. The lowest BCUT2D eigenvalue weighted by atomic mass is 10.0. The summed E-state index contributed by atoms with van der Waals surface area (Å²) in [7, 11) is -3.61. The van der Waals surface area contributed by atoms with Crippen LogP contribution in [0.4, 0.5) is 5.69 Å². The van der Waals surface area contributed by atoms with Gasteiger partial charge in [-0.05, 0) is 48.6 Å². The van der Waals surface area contributed by atoms with Crippen LogP contribution in [0.3, 0.4) is 0 Å². The molecule has 6 heteroatoms. The minimum absolute atomic E-state index is 0.0955. The van der Waals surface area contributed by atoms with Crippen LogP contribution >= 0.6 is 0 Å². The number of hydrogen-bond donors (Lipinski definition) is 2. The van der Waals surface area contributed by atoms with Gasteiger partial charge in [0.2, 0.25) is 10.0 Å². The third-order valence-electron chi connectivity index (χ3n) is 4.19. The van der Waals surface area contributed by atoms with E-state index in [0.29, 0.717) is 18.5 Å². The van der Waals surface area contributed by atoms with Crippen LogP contribution in [-0.2, 0) is 22.9 Å². The molecular formula is C20H26N2O3S. The summed E-state index contributed by atoms with van der Waals surface area (Å²) >= 11 is 0. The van der Waals surface area contributed by atoms with Crippen LogP contribution in [0.2, 0.25) is 0 Å². The highest BCUT2D eigenvalue weighted by atomic mass is 32.2. The lowest BCUT2D eigenvalue weighted by Gasteiger charge is -2.15. The van der Waals surface area contributed by atoms with Crippen molar-refractivity contribution in [3.63, 3.8) is 0 Å². The molecule has 2 N–H and O–H groups in total. The molecule has 0 radical (unpaired) electrons. The van der Waals surface area contributed by atoms with E-state index in [2.05, 4.69) is 10.0 Å². The van der Waals surface area contributed by atoms with Crippen LogP contribution in [0.5, 0.6) is 0 Å². The predicted octanol–water partition coefficient (Wildman–Crippen LogP) is 3.75. The van der Waals surface area contributed by atoms with Gasteiger partial charge in [0, 0.05) is 17.8 Å². The summed E-state index contributed by atoms with van der Waals surface area (Å²) in [6, 6.07) is 12.1. The normalized spacial score (nSPS) is 11.3. The number of sulfonamides is 1. The molecule has 140 valence electrons. The fraction of sp³-hybridized carbons (Fsp3) is 0.350. The molecule has 0 spiro atoms. The molecule has 0 bridgehead atoms. The number of amides is 1. The maximum Gasteiger partial charge on any atom is 0.255 e. The summed E-state index contributed by atoms with van der Waals surface area (Å²) in [4.78, 5) is 12.8. The number of nitrogens with one attached hydrogen (secondary N) is 2. The van der Waals surface area contributed by atoms with Gasteiger partial charge in [0.25, 0.3) is 5.91 Å². The van der Waals surface area contributed by atoms with E-state index >= 15 is 0 Å². The zero-order chi connectivity index (χ0) is 19.2. The first-order valence-electron chi connectivity index (χ1n) is 8.94. The fourth-order valence-corrected chi connectivity index (χ4v) is 3.89. The molecule has 0 saturated heterocycles. The van der Waals surface area contributed by atoms with Crippen LogP contribution in [0, 0.1) is 0 Å². The molecule has 2 aromatic carbocycles. The van der Waals surface area contributed by atoms with E-state index in [0.717, 1.165) is 29.7 Å². The Morgan fingerprint density at radius 1 is 0.962 bits per heavy atom.